The molecule has 1 aliphatic carbocycles. The number of benzene rings is 1. The average molecular weight is 598 g/mol. The van der Waals surface area contributed by atoms with Crippen LogP contribution in [0.15, 0.2) is 35.4 Å². The lowest BCUT2D eigenvalue weighted by Crippen LogP contribution is -2.25. The average Bonchev–Trinajstić information content (AvgIpc) is 3.27. The van der Waals surface area contributed by atoms with E-state index in [1.165, 1.54) is 58.3 Å². The molecule has 0 amide bonds. The first-order chi connectivity index (χ1) is 18.9. The smallest absolute Gasteiger partial charge is 0.490 e. The van der Waals surface area contributed by atoms with Crippen LogP contribution in [0, 0.1) is 19.8 Å². The number of alkyl halides is 3. The number of esters is 1. The van der Waals surface area contributed by atoms with Gasteiger partial charge in [-0.15, -0.1) is 11.3 Å². The maximum atomic E-state index is 13.4. The molecule has 1 N–H and O–H groups in total. The second-order valence-corrected chi connectivity index (χ2v) is 12.5. The largest absolute Gasteiger partial charge is 0.495 e. The highest BCUT2D eigenvalue weighted by Gasteiger charge is 2.41. The molecule has 0 unspecified atom stereocenters. The molecule has 2 aromatic heterocycles. The Balaban J connectivity index is 1.54. The Morgan fingerprint density at radius 2 is 1.88 bits per heavy atom. The normalized spacial score (nSPS) is 14.7. The van der Waals surface area contributed by atoms with Gasteiger partial charge in [-0.3, -0.25) is 9.71 Å². The predicted octanol–water partition coefficient (Wildman–Crippen LogP) is 6.36. The molecule has 0 atom stereocenters. The molecule has 4 rings (SSSR count). The van der Waals surface area contributed by atoms with Crippen LogP contribution in [-0.2, 0) is 32.6 Å². The van der Waals surface area contributed by atoms with Crippen molar-refractivity contribution in [3.8, 4) is 16.2 Å². The summed E-state index contributed by atoms with van der Waals surface area (Å²) in [4.78, 5) is 20.5. The molecule has 8 nitrogen and oxygen atoms in total. The summed E-state index contributed by atoms with van der Waals surface area (Å²) in [6, 6.07) is 6.32. The predicted molar refractivity (Wildman–Crippen MR) is 145 cm³/mol. The van der Waals surface area contributed by atoms with Gasteiger partial charge < -0.3 is 9.47 Å². The van der Waals surface area contributed by atoms with E-state index in [0.29, 0.717) is 17.0 Å². The Hall–Kier alpha value is -3.19. The van der Waals surface area contributed by atoms with Crippen molar-refractivity contribution in [2.24, 2.45) is 5.92 Å². The first kappa shape index (κ1) is 29.8. The quantitative estimate of drug-likeness (QED) is 0.286. The molecule has 2 heterocycles. The van der Waals surface area contributed by atoms with Crippen molar-refractivity contribution in [3.05, 3.63) is 52.4 Å². The molecule has 0 radical (unpaired) electrons. The van der Waals surface area contributed by atoms with Crippen molar-refractivity contribution < 1.29 is 35.9 Å². The van der Waals surface area contributed by atoms with Crippen LogP contribution in [-0.4, -0.2) is 37.6 Å². The third kappa shape index (κ3) is 7.11. The number of hydrogen-bond acceptors (Lipinski definition) is 8. The van der Waals surface area contributed by atoms with Crippen molar-refractivity contribution in [1.29, 1.82) is 0 Å². The number of halogens is 3. The van der Waals surface area contributed by atoms with Gasteiger partial charge >= 0.3 is 12.1 Å². The minimum absolute atomic E-state index is 0.0600. The van der Waals surface area contributed by atoms with Crippen LogP contribution in [0.3, 0.4) is 0 Å². The number of methoxy groups -OCH3 is 1. The zero-order valence-electron chi connectivity index (χ0n) is 22.3. The maximum absolute atomic E-state index is 13.4. The summed E-state index contributed by atoms with van der Waals surface area (Å²) in [5.41, 5.74) is 2.01. The van der Waals surface area contributed by atoms with E-state index in [-0.39, 0.29) is 22.0 Å². The monoisotopic (exact) mass is 597 g/mol. The Morgan fingerprint density at radius 1 is 1.15 bits per heavy atom. The van der Waals surface area contributed by atoms with E-state index < -0.39 is 28.8 Å². The minimum Gasteiger partial charge on any atom is -0.495 e. The summed E-state index contributed by atoms with van der Waals surface area (Å²) < 4.78 is 76.0. The van der Waals surface area contributed by atoms with Crippen LogP contribution in [0.4, 0.5) is 18.9 Å². The lowest BCUT2D eigenvalue weighted by Gasteiger charge is -2.20. The topological polar surface area (TPSA) is 107 Å². The molecule has 13 heteroatoms. The van der Waals surface area contributed by atoms with Gasteiger partial charge in [0.05, 0.1) is 40.3 Å². The first-order valence-corrected chi connectivity index (χ1v) is 15.0. The molecule has 1 saturated carbocycles. The molecule has 0 bridgehead atoms. The molecule has 0 aliphatic heterocycles. The van der Waals surface area contributed by atoms with Gasteiger partial charge in [-0.05, 0) is 55.2 Å². The Morgan fingerprint density at radius 3 is 2.52 bits per heavy atom. The fourth-order valence-corrected chi connectivity index (χ4v) is 7.12. The standard InChI is InChI=1S/C27H30F3N3O5S2/c1-16-11-20(14-31-21(16)15-38-26(34)27(28,29)30)33-40(35,36)23-13-19(9-10-22(23)37-3)25-17(2)32-24(39-25)12-18-7-5-4-6-8-18/h9-11,13-14,18,33H,4-8,12,15H2,1-3H3. The van der Waals surface area contributed by atoms with Gasteiger partial charge in [0.1, 0.15) is 17.3 Å². The number of carbonyl (C=O) groups is 1. The molecule has 3 aromatic rings. The number of carbonyl (C=O) groups excluding carboxylic acids is 1. The van der Waals surface area contributed by atoms with E-state index >= 15 is 0 Å². The highest BCUT2D eigenvalue weighted by atomic mass is 32.2. The molecule has 1 fully saturated rings. The van der Waals surface area contributed by atoms with Crippen LogP contribution < -0.4 is 9.46 Å². The number of ether oxygens (including phenoxy) is 2. The summed E-state index contributed by atoms with van der Waals surface area (Å²) >= 11 is 1.57. The van der Waals surface area contributed by atoms with Gasteiger partial charge in [0.25, 0.3) is 10.0 Å². The van der Waals surface area contributed by atoms with Gasteiger partial charge in [0, 0.05) is 6.42 Å². The summed E-state index contributed by atoms with van der Waals surface area (Å²) in [7, 11) is -2.78. The van der Waals surface area contributed by atoms with Crippen LogP contribution in [0.25, 0.3) is 10.4 Å². The summed E-state index contributed by atoms with van der Waals surface area (Å²) in [6.45, 7) is 2.72. The molecule has 0 spiro atoms. The zero-order valence-corrected chi connectivity index (χ0v) is 23.9. The van der Waals surface area contributed by atoms with Crippen molar-refractivity contribution in [2.45, 2.75) is 70.1 Å². The van der Waals surface area contributed by atoms with Gasteiger partial charge in [-0.1, -0.05) is 32.1 Å². The highest BCUT2D eigenvalue weighted by Crippen LogP contribution is 2.37. The zero-order chi connectivity index (χ0) is 29.1. The lowest BCUT2D eigenvalue weighted by molar-refractivity contribution is -0.201. The molecular weight excluding hydrogens is 567 g/mol. The summed E-state index contributed by atoms with van der Waals surface area (Å²) in [5.74, 6) is -1.56. The number of sulfonamides is 1. The van der Waals surface area contributed by atoms with Gasteiger partial charge in [-0.2, -0.15) is 13.2 Å². The van der Waals surface area contributed by atoms with Crippen molar-refractivity contribution in [3.63, 3.8) is 0 Å². The Kier molecular flexibility index (Phi) is 9.03. The van der Waals surface area contributed by atoms with Gasteiger partial charge in [0.15, 0.2) is 0 Å². The van der Waals surface area contributed by atoms with Crippen molar-refractivity contribution in [2.75, 3.05) is 11.8 Å². The van der Waals surface area contributed by atoms with Crippen molar-refractivity contribution >= 4 is 33.0 Å². The molecule has 40 heavy (non-hydrogen) atoms. The highest BCUT2D eigenvalue weighted by molar-refractivity contribution is 7.92. The number of rotatable bonds is 9. The maximum Gasteiger partial charge on any atom is 0.490 e. The number of aryl methyl sites for hydroxylation is 2. The van der Waals surface area contributed by atoms with Crippen LogP contribution in [0.5, 0.6) is 5.75 Å². The second-order valence-electron chi connectivity index (χ2n) is 9.76. The van der Waals surface area contributed by atoms with Crippen LogP contribution in [0.2, 0.25) is 0 Å². The number of anilines is 1. The minimum atomic E-state index is -5.12. The molecular formula is C27H30F3N3O5S2. The number of thiazole rings is 1. The second kappa shape index (κ2) is 12.1. The number of nitrogens with one attached hydrogen (secondary N) is 1. The van der Waals surface area contributed by atoms with E-state index in [4.69, 9.17) is 9.72 Å². The van der Waals surface area contributed by atoms with E-state index in [9.17, 15) is 26.4 Å². The van der Waals surface area contributed by atoms with Crippen LogP contribution in [0.1, 0.15) is 54.1 Å². The molecule has 1 aliphatic rings. The Labute approximate surface area is 235 Å². The molecule has 0 saturated heterocycles. The third-order valence-corrected chi connectivity index (χ3v) is 9.39. The van der Waals surface area contributed by atoms with Crippen LogP contribution >= 0.6 is 11.3 Å². The molecule has 1 aromatic carbocycles. The Bertz CT molecular complexity index is 1480. The number of aromatic nitrogens is 2. The molecule has 216 valence electrons. The first-order valence-electron chi connectivity index (χ1n) is 12.7. The fourth-order valence-electron chi connectivity index (χ4n) is 4.71. The third-order valence-electron chi connectivity index (χ3n) is 6.75. The summed E-state index contributed by atoms with van der Waals surface area (Å²) in [5, 5.41) is 1.04. The number of pyridine rings is 1. The van der Waals surface area contributed by atoms with Gasteiger partial charge in [-0.25, -0.2) is 18.2 Å². The van der Waals surface area contributed by atoms with E-state index in [1.807, 2.05) is 6.92 Å². The summed E-state index contributed by atoms with van der Waals surface area (Å²) in [6.07, 6.45) is 3.14. The van der Waals surface area contributed by atoms with Gasteiger partial charge in [0.2, 0.25) is 0 Å². The van der Waals surface area contributed by atoms with E-state index in [2.05, 4.69) is 14.4 Å². The fraction of sp³-hybridized carbons (Fsp3) is 0.444. The number of nitrogens with zero attached hydrogens (tertiary/aromatic N) is 2. The van der Waals surface area contributed by atoms with E-state index in [0.717, 1.165) is 28.2 Å². The lowest BCUT2D eigenvalue weighted by atomic mass is 9.87. The van der Waals surface area contributed by atoms with Crippen molar-refractivity contribution in [1.82, 2.24) is 9.97 Å². The SMILES string of the molecule is COc1ccc(-c2sc(CC3CCCCC3)nc2C)cc1S(=O)(=O)Nc1cnc(COC(=O)C(F)(F)F)c(C)c1. The van der Waals surface area contributed by atoms with E-state index in [1.54, 1.807) is 23.5 Å². The number of hydrogen-bond donors (Lipinski definition) is 1.